The molecule has 0 saturated carbocycles. The summed E-state index contributed by atoms with van der Waals surface area (Å²) in [5.74, 6) is 1.60. The van der Waals surface area contributed by atoms with E-state index < -0.39 is 0 Å². The molecule has 0 saturated heterocycles. The molecule has 1 aromatic carbocycles. The normalized spacial score (nSPS) is 10.5. The Kier molecular flexibility index (Phi) is 6.95. The molecule has 0 bridgehead atoms. The molecular weight excluding hydrogens is 342 g/mol. The molecule has 118 valence electrons. The molecule has 0 aliphatic rings. The van der Waals surface area contributed by atoms with Crippen LogP contribution in [-0.2, 0) is 4.79 Å². The number of nitrogens with one attached hydrogen (secondary N) is 1. The standard InChI is InChI=1S/C14H16ClN3O2S2/c1-2-21-14-18-17-13(22-14)16-12(19)4-3-9-20-11-7-5-10(15)6-8-11/h5-8H,2-4,9H2,1H3,(H,16,17,19). The minimum Gasteiger partial charge on any atom is -0.494 e. The van der Waals surface area contributed by atoms with Crippen molar-refractivity contribution in [2.45, 2.75) is 24.1 Å². The van der Waals surface area contributed by atoms with Gasteiger partial charge in [0.1, 0.15) is 5.75 Å². The summed E-state index contributed by atoms with van der Waals surface area (Å²) in [6, 6.07) is 7.14. The monoisotopic (exact) mass is 357 g/mol. The maximum Gasteiger partial charge on any atom is 0.226 e. The van der Waals surface area contributed by atoms with Crippen LogP contribution < -0.4 is 10.1 Å². The molecule has 8 heteroatoms. The van der Waals surface area contributed by atoms with Crippen molar-refractivity contribution in [1.82, 2.24) is 10.2 Å². The van der Waals surface area contributed by atoms with Gasteiger partial charge in [0.05, 0.1) is 6.61 Å². The van der Waals surface area contributed by atoms with Crippen molar-refractivity contribution in [3.63, 3.8) is 0 Å². The third kappa shape index (κ3) is 5.82. The number of rotatable bonds is 8. The van der Waals surface area contributed by atoms with E-state index in [2.05, 4.69) is 15.5 Å². The molecule has 1 N–H and O–H groups in total. The molecule has 1 aromatic heterocycles. The van der Waals surface area contributed by atoms with Crippen LogP contribution in [-0.4, -0.2) is 28.5 Å². The molecule has 1 heterocycles. The first-order valence-corrected chi connectivity index (χ1v) is 9.00. The van der Waals surface area contributed by atoms with Crippen LogP contribution >= 0.6 is 34.7 Å². The highest BCUT2D eigenvalue weighted by molar-refractivity contribution is 8.01. The highest BCUT2D eigenvalue weighted by Crippen LogP contribution is 2.25. The molecule has 2 rings (SSSR count). The Morgan fingerprint density at radius 3 is 2.86 bits per heavy atom. The Bertz CT molecular complexity index is 604. The summed E-state index contributed by atoms with van der Waals surface area (Å²) >= 11 is 8.79. The van der Waals surface area contributed by atoms with Gasteiger partial charge in [0.2, 0.25) is 11.0 Å². The van der Waals surface area contributed by atoms with E-state index in [4.69, 9.17) is 16.3 Å². The third-order valence-electron chi connectivity index (χ3n) is 2.55. The van der Waals surface area contributed by atoms with Crippen LogP contribution in [0.1, 0.15) is 19.8 Å². The van der Waals surface area contributed by atoms with Crippen LogP contribution in [0.2, 0.25) is 5.02 Å². The van der Waals surface area contributed by atoms with E-state index in [0.29, 0.717) is 29.6 Å². The van der Waals surface area contributed by atoms with Crippen LogP contribution in [0.3, 0.4) is 0 Å². The quantitative estimate of drug-likeness (QED) is 0.437. The van der Waals surface area contributed by atoms with Crippen LogP contribution in [0.15, 0.2) is 28.6 Å². The minimum atomic E-state index is -0.0797. The molecular formula is C14H16ClN3O2S2. The Labute approximate surface area is 142 Å². The summed E-state index contributed by atoms with van der Waals surface area (Å²) in [6.07, 6.45) is 1.01. The van der Waals surface area contributed by atoms with Gasteiger partial charge in [-0.3, -0.25) is 4.79 Å². The molecule has 0 aliphatic carbocycles. The van der Waals surface area contributed by atoms with E-state index in [9.17, 15) is 4.79 Å². The van der Waals surface area contributed by atoms with Gasteiger partial charge in [-0.15, -0.1) is 10.2 Å². The van der Waals surface area contributed by atoms with Gasteiger partial charge in [0.25, 0.3) is 0 Å². The van der Waals surface area contributed by atoms with Crippen molar-refractivity contribution >= 4 is 45.7 Å². The van der Waals surface area contributed by atoms with Gasteiger partial charge in [0.15, 0.2) is 4.34 Å². The van der Waals surface area contributed by atoms with Crippen LogP contribution in [0, 0.1) is 0 Å². The lowest BCUT2D eigenvalue weighted by molar-refractivity contribution is -0.116. The minimum absolute atomic E-state index is 0.0797. The molecule has 22 heavy (non-hydrogen) atoms. The Balaban J connectivity index is 1.65. The van der Waals surface area contributed by atoms with E-state index in [-0.39, 0.29) is 5.91 Å². The summed E-state index contributed by atoms with van der Waals surface area (Å²) in [5.41, 5.74) is 0. The van der Waals surface area contributed by atoms with E-state index in [0.717, 1.165) is 15.8 Å². The number of amides is 1. The summed E-state index contributed by atoms with van der Waals surface area (Å²) in [4.78, 5) is 11.8. The van der Waals surface area contributed by atoms with Crippen LogP contribution in [0.25, 0.3) is 0 Å². The van der Waals surface area contributed by atoms with Gasteiger partial charge in [-0.2, -0.15) is 0 Å². The SMILES string of the molecule is CCSc1nnc(NC(=O)CCCOc2ccc(Cl)cc2)s1. The van der Waals surface area contributed by atoms with Crippen molar-refractivity contribution < 1.29 is 9.53 Å². The van der Waals surface area contributed by atoms with E-state index in [1.165, 1.54) is 11.3 Å². The van der Waals surface area contributed by atoms with Gasteiger partial charge >= 0.3 is 0 Å². The molecule has 0 aliphatic heterocycles. The van der Waals surface area contributed by atoms with Gasteiger partial charge in [-0.05, 0) is 36.4 Å². The molecule has 0 spiro atoms. The summed E-state index contributed by atoms with van der Waals surface area (Å²) in [6.45, 7) is 2.52. The van der Waals surface area contributed by atoms with E-state index in [1.807, 2.05) is 6.92 Å². The second-order valence-corrected chi connectivity index (χ2v) is 7.19. The maximum atomic E-state index is 11.8. The number of anilines is 1. The molecule has 2 aromatic rings. The van der Waals surface area contributed by atoms with Gasteiger partial charge < -0.3 is 10.1 Å². The number of ether oxygens (including phenoxy) is 1. The van der Waals surface area contributed by atoms with Crippen molar-refractivity contribution in [1.29, 1.82) is 0 Å². The maximum absolute atomic E-state index is 11.8. The largest absolute Gasteiger partial charge is 0.494 e. The molecule has 0 atom stereocenters. The van der Waals surface area contributed by atoms with Crippen molar-refractivity contribution in [2.75, 3.05) is 17.7 Å². The Morgan fingerprint density at radius 1 is 1.36 bits per heavy atom. The molecule has 5 nitrogen and oxygen atoms in total. The van der Waals surface area contributed by atoms with Crippen molar-refractivity contribution in [3.8, 4) is 5.75 Å². The lowest BCUT2D eigenvalue weighted by atomic mass is 10.3. The zero-order valence-corrected chi connectivity index (χ0v) is 14.4. The van der Waals surface area contributed by atoms with Crippen LogP contribution in [0.5, 0.6) is 5.75 Å². The predicted molar refractivity (Wildman–Crippen MR) is 91.1 cm³/mol. The molecule has 0 unspecified atom stereocenters. The number of benzene rings is 1. The molecule has 1 amide bonds. The lowest BCUT2D eigenvalue weighted by Gasteiger charge is -2.05. The number of carbonyl (C=O) groups is 1. The summed E-state index contributed by atoms with van der Waals surface area (Å²) in [5, 5.41) is 11.9. The predicted octanol–water partition coefficient (Wildman–Crippen LogP) is 4.10. The number of hydrogen-bond acceptors (Lipinski definition) is 6. The Hall–Kier alpha value is -1.31. The number of hydrogen-bond donors (Lipinski definition) is 1. The topological polar surface area (TPSA) is 64.1 Å². The second-order valence-electron chi connectivity index (χ2n) is 4.26. The fourth-order valence-corrected chi connectivity index (χ4v) is 3.37. The highest BCUT2D eigenvalue weighted by Gasteiger charge is 2.08. The first-order chi connectivity index (χ1) is 10.7. The second kappa shape index (κ2) is 8.97. The van der Waals surface area contributed by atoms with Gasteiger partial charge in [-0.25, -0.2) is 0 Å². The van der Waals surface area contributed by atoms with E-state index >= 15 is 0 Å². The zero-order chi connectivity index (χ0) is 15.8. The number of halogens is 1. The fourth-order valence-electron chi connectivity index (χ4n) is 1.58. The smallest absolute Gasteiger partial charge is 0.226 e. The van der Waals surface area contributed by atoms with Crippen molar-refractivity contribution in [2.24, 2.45) is 0 Å². The third-order valence-corrected chi connectivity index (χ3v) is 4.66. The first-order valence-electron chi connectivity index (χ1n) is 6.82. The van der Waals surface area contributed by atoms with Crippen molar-refractivity contribution in [3.05, 3.63) is 29.3 Å². The number of thioether (sulfide) groups is 1. The summed E-state index contributed by atoms with van der Waals surface area (Å²) < 4.78 is 6.40. The number of carbonyl (C=O) groups excluding carboxylic acids is 1. The number of aromatic nitrogens is 2. The number of nitrogens with zero attached hydrogens (tertiary/aromatic N) is 2. The van der Waals surface area contributed by atoms with Crippen LogP contribution in [0.4, 0.5) is 5.13 Å². The highest BCUT2D eigenvalue weighted by atomic mass is 35.5. The average molecular weight is 358 g/mol. The summed E-state index contributed by atoms with van der Waals surface area (Å²) in [7, 11) is 0. The fraction of sp³-hybridized carbons (Fsp3) is 0.357. The molecule has 0 fully saturated rings. The average Bonchev–Trinajstić information content (AvgIpc) is 2.93. The lowest BCUT2D eigenvalue weighted by Crippen LogP contribution is -2.12. The Morgan fingerprint density at radius 2 is 2.14 bits per heavy atom. The van der Waals surface area contributed by atoms with Gasteiger partial charge in [0, 0.05) is 11.4 Å². The van der Waals surface area contributed by atoms with Gasteiger partial charge in [-0.1, -0.05) is 41.6 Å². The zero-order valence-electron chi connectivity index (χ0n) is 12.0. The molecule has 0 radical (unpaired) electrons. The van der Waals surface area contributed by atoms with E-state index in [1.54, 1.807) is 36.0 Å². The first kappa shape index (κ1) is 17.1.